The summed E-state index contributed by atoms with van der Waals surface area (Å²) in [6.07, 6.45) is 0.533. The van der Waals surface area contributed by atoms with Crippen molar-refractivity contribution in [3.8, 4) is 0 Å². The fraction of sp³-hybridized carbons (Fsp3) is 0.556. The largest absolute Gasteiger partial charge is 0.460 e. The number of nitrogens with zero attached hydrogens (tertiary/aromatic N) is 4. The first-order valence-corrected chi connectivity index (χ1v) is 9.45. The van der Waals surface area contributed by atoms with Crippen molar-refractivity contribution in [3.05, 3.63) is 46.3 Å². The maximum atomic E-state index is 12.9. The van der Waals surface area contributed by atoms with Crippen LogP contribution in [0.15, 0.2) is 35.4 Å². The maximum Gasteiger partial charge on any atom is 0.451 e. The Kier molecular flexibility index (Phi) is 8.04. The molecule has 29 heavy (non-hydrogen) atoms. The number of amides is 1. The third-order valence-electron chi connectivity index (χ3n) is 4.92. The summed E-state index contributed by atoms with van der Waals surface area (Å²) in [4.78, 5) is 29.7. The molecular weight excluding hydrogens is 377 g/mol. The number of rotatable bonds is 8. The number of nitrogens with two attached hydrogens (primary N) is 1. The monoisotopic (exact) mass is 403 g/mol. The number of hydrogen-bond donors (Lipinski definition) is 3. The number of azide groups is 1. The Balaban J connectivity index is 2.25. The van der Waals surface area contributed by atoms with E-state index < -0.39 is 24.7 Å². The summed E-state index contributed by atoms with van der Waals surface area (Å²) < 4.78 is 5.41. The van der Waals surface area contributed by atoms with Gasteiger partial charge in [-0.05, 0) is 36.7 Å². The average molecular weight is 403 g/mol. The smallest absolute Gasteiger partial charge is 0.451 e. The summed E-state index contributed by atoms with van der Waals surface area (Å²) in [5, 5.41) is 22.1. The second-order valence-electron chi connectivity index (χ2n) is 7.42. The minimum atomic E-state index is -1.60. The number of ether oxygens (including phenoxy) is 1. The van der Waals surface area contributed by atoms with Gasteiger partial charge in [0.05, 0.1) is 6.04 Å². The topological polar surface area (TPSA) is 162 Å². The molecule has 0 aliphatic carbocycles. The second kappa shape index (κ2) is 10.3. The van der Waals surface area contributed by atoms with Gasteiger partial charge in [-0.25, -0.2) is 0 Å². The predicted octanol–water partition coefficient (Wildman–Crippen LogP) is 0.838. The molecule has 1 saturated heterocycles. The highest BCUT2D eigenvalue weighted by molar-refractivity contribution is 6.40. The quantitative estimate of drug-likeness (QED) is 0.191. The van der Waals surface area contributed by atoms with Gasteiger partial charge in [0, 0.05) is 18.0 Å². The van der Waals surface area contributed by atoms with Crippen LogP contribution in [0.5, 0.6) is 0 Å². The van der Waals surface area contributed by atoms with Crippen LogP contribution >= 0.6 is 0 Å². The first kappa shape index (κ1) is 22.7. The normalized spacial score (nSPS) is 22.3. The number of carbonyl (C=O) groups is 2. The first-order chi connectivity index (χ1) is 13.8. The Labute approximate surface area is 169 Å². The lowest BCUT2D eigenvalue weighted by molar-refractivity contribution is -0.156. The third kappa shape index (κ3) is 6.20. The molecule has 0 aromatic heterocycles. The molecule has 0 saturated carbocycles. The zero-order chi connectivity index (χ0) is 21.4. The van der Waals surface area contributed by atoms with E-state index in [1.165, 1.54) is 11.8 Å². The van der Waals surface area contributed by atoms with E-state index in [1.807, 2.05) is 18.2 Å². The minimum absolute atomic E-state index is 0.00360. The standard InChI is InChI=1S/C18H26BN5O5/c1-13(20)16(25)24-10-15(7-8-19(27)28)9-18(12-24,22-23-21)17(26)29-11-14-5-3-2-4-6-14/h2-6,13,15,27-28H,7-12,20H2,1H3/t13?,15-,18-/m1/s1. The molecule has 1 amide bonds. The van der Waals surface area contributed by atoms with Crippen molar-refractivity contribution in [3.63, 3.8) is 0 Å². The molecule has 0 bridgehead atoms. The second-order valence-corrected chi connectivity index (χ2v) is 7.42. The van der Waals surface area contributed by atoms with Gasteiger partial charge in [0.2, 0.25) is 5.91 Å². The van der Waals surface area contributed by atoms with Gasteiger partial charge in [-0.15, -0.1) is 0 Å². The van der Waals surface area contributed by atoms with E-state index in [1.54, 1.807) is 12.1 Å². The van der Waals surface area contributed by atoms with Gasteiger partial charge in [-0.2, -0.15) is 0 Å². The van der Waals surface area contributed by atoms with Gasteiger partial charge in [0.25, 0.3) is 0 Å². The SMILES string of the molecule is CC(N)C(=O)N1C[C@H](CCB(O)O)C[C@](N=[N+]=[N-])(C(=O)OCc2ccccc2)C1. The van der Waals surface area contributed by atoms with Gasteiger partial charge in [-0.1, -0.05) is 41.9 Å². The van der Waals surface area contributed by atoms with Crippen molar-refractivity contribution in [2.45, 2.75) is 44.3 Å². The molecule has 1 fully saturated rings. The number of hydrogen-bond acceptors (Lipinski definition) is 7. The van der Waals surface area contributed by atoms with E-state index in [2.05, 4.69) is 10.0 Å². The van der Waals surface area contributed by atoms with Crippen molar-refractivity contribution >= 4 is 19.0 Å². The highest BCUT2D eigenvalue weighted by atomic mass is 16.5. The van der Waals surface area contributed by atoms with Crippen molar-refractivity contribution in [1.29, 1.82) is 0 Å². The minimum Gasteiger partial charge on any atom is -0.460 e. The van der Waals surface area contributed by atoms with Crippen LogP contribution in [0.1, 0.15) is 25.3 Å². The zero-order valence-corrected chi connectivity index (χ0v) is 16.3. The number of piperidine rings is 1. The molecule has 4 N–H and O–H groups in total. The van der Waals surface area contributed by atoms with Crippen molar-refractivity contribution < 1.29 is 24.4 Å². The molecule has 0 radical (unpaired) electrons. The highest BCUT2D eigenvalue weighted by Gasteiger charge is 2.48. The van der Waals surface area contributed by atoms with Gasteiger partial charge < -0.3 is 25.4 Å². The average Bonchev–Trinajstić information content (AvgIpc) is 2.70. The van der Waals surface area contributed by atoms with Gasteiger partial charge in [0.15, 0.2) is 5.54 Å². The van der Waals surface area contributed by atoms with E-state index in [-0.39, 0.29) is 44.3 Å². The molecule has 156 valence electrons. The molecule has 1 aromatic rings. The number of carbonyl (C=O) groups excluding carboxylic acids is 2. The van der Waals surface area contributed by atoms with E-state index in [4.69, 9.17) is 16.0 Å². The van der Waals surface area contributed by atoms with Crippen LogP contribution in [-0.4, -0.2) is 58.6 Å². The van der Waals surface area contributed by atoms with E-state index in [0.29, 0.717) is 6.42 Å². The molecule has 1 heterocycles. The number of esters is 1. The molecule has 1 aliphatic heterocycles. The van der Waals surface area contributed by atoms with Crippen molar-refractivity contribution in [2.24, 2.45) is 16.8 Å². The third-order valence-corrected chi connectivity index (χ3v) is 4.92. The lowest BCUT2D eigenvalue weighted by Crippen LogP contribution is -2.59. The summed E-state index contributed by atoms with van der Waals surface area (Å²) in [6, 6.07) is 8.27. The Hall–Kier alpha value is -2.59. The summed E-state index contributed by atoms with van der Waals surface area (Å²) in [7, 11) is -1.51. The molecule has 2 rings (SSSR count). The molecule has 0 spiro atoms. The lowest BCUT2D eigenvalue weighted by atomic mass is 9.75. The van der Waals surface area contributed by atoms with Crippen molar-refractivity contribution in [1.82, 2.24) is 4.90 Å². The number of likely N-dealkylation sites (tertiary alicyclic amines) is 1. The summed E-state index contributed by atoms with van der Waals surface area (Å²) in [5.41, 5.74) is 14.0. The van der Waals surface area contributed by atoms with Crippen LogP contribution in [0.4, 0.5) is 0 Å². The van der Waals surface area contributed by atoms with Crippen LogP contribution in [0.2, 0.25) is 6.32 Å². The maximum absolute atomic E-state index is 12.9. The Morgan fingerprint density at radius 1 is 1.45 bits per heavy atom. The van der Waals surface area contributed by atoms with Crippen LogP contribution in [0.25, 0.3) is 10.4 Å². The van der Waals surface area contributed by atoms with E-state index >= 15 is 0 Å². The summed E-state index contributed by atoms with van der Waals surface area (Å²) in [5.74, 6) is -1.40. The van der Waals surface area contributed by atoms with E-state index in [0.717, 1.165) is 5.56 Å². The van der Waals surface area contributed by atoms with Crippen LogP contribution in [0, 0.1) is 5.92 Å². The molecule has 1 unspecified atom stereocenters. The Morgan fingerprint density at radius 2 is 2.14 bits per heavy atom. The summed E-state index contributed by atoms with van der Waals surface area (Å²) in [6.45, 7) is 1.68. The zero-order valence-electron chi connectivity index (χ0n) is 16.3. The van der Waals surface area contributed by atoms with Crippen LogP contribution in [-0.2, 0) is 20.9 Å². The summed E-state index contributed by atoms with van der Waals surface area (Å²) >= 11 is 0. The molecular formula is C18H26BN5O5. The molecule has 1 aromatic carbocycles. The lowest BCUT2D eigenvalue weighted by Gasteiger charge is -2.42. The van der Waals surface area contributed by atoms with Crippen molar-refractivity contribution in [2.75, 3.05) is 13.1 Å². The Bertz CT molecular complexity index is 756. The van der Waals surface area contributed by atoms with Crippen LogP contribution in [0.3, 0.4) is 0 Å². The van der Waals surface area contributed by atoms with Gasteiger partial charge in [-0.3, -0.25) is 9.59 Å². The Morgan fingerprint density at radius 3 is 2.72 bits per heavy atom. The van der Waals surface area contributed by atoms with E-state index in [9.17, 15) is 19.6 Å². The highest BCUT2D eigenvalue weighted by Crippen LogP contribution is 2.34. The van der Waals surface area contributed by atoms with Crippen LogP contribution < -0.4 is 5.73 Å². The number of benzene rings is 1. The van der Waals surface area contributed by atoms with Gasteiger partial charge in [0.1, 0.15) is 6.61 Å². The first-order valence-electron chi connectivity index (χ1n) is 9.45. The molecule has 10 nitrogen and oxygen atoms in total. The molecule has 11 heteroatoms. The molecule has 3 atom stereocenters. The fourth-order valence-corrected chi connectivity index (χ4v) is 3.54. The van der Waals surface area contributed by atoms with Gasteiger partial charge >= 0.3 is 13.1 Å². The predicted molar refractivity (Wildman–Crippen MR) is 106 cm³/mol. The molecule has 1 aliphatic rings. The fourth-order valence-electron chi connectivity index (χ4n) is 3.54.